The highest BCUT2D eigenvalue weighted by Gasteiger charge is 2.46. The van der Waals surface area contributed by atoms with Gasteiger partial charge in [-0.3, -0.25) is 4.79 Å². The molecular formula is C17H22BrNO4S2. The number of fused-ring (bicyclic) bond motifs is 1. The summed E-state index contributed by atoms with van der Waals surface area (Å²) >= 11 is 4.92. The maximum absolute atomic E-state index is 12.5. The van der Waals surface area contributed by atoms with Crippen LogP contribution in [-0.2, 0) is 25.8 Å². The Bertz CT molecular complexity index is 899. The standard InChI is InChI=1S/C17H22BrNO4S2/c1-16(2,3)23-15(20)17(4,25(5,21)22)9-8-14-19-12-7-6-11(18)10-13(12)24-14/h6-7,10H,8-9H2,1-5H3. The third kappa shape index (κ3) is 4.80. The first kappa shape index (κ1) is 20.3. The fourth-order valence-electron chi connectivity index (χ4n) is 2.22. The number of sulfone groups is 1. The Morgan fingerprint density at radius 3 is 2.48 bits per heavy atom. The molecule has 138 valence electrons. The Kier molecular flexibility index (Phi) is 5.66. The zero-order chi connectivity index (χ0) is 19.0. The van der Waals surface area contributed by atoms with Gasteiger partial charge in [-0.05, 0) is 52.3 Å². The lowest BCUT2D eigenvalue weighted by molar-refractivity contribution is -0.157. The van der Waals surface area contributed by atoms with Crippen LogP contribution in [0.2, 0.25) is 0 Å². The Morgan fingerprint density at radius 2 is 1.92 bits per heavy atom. The van der Waals surface area contributed by atoms with Crippen molar-refractivity contribution in [3.8, 4) is 0 Å². The molecule has 0 aliphatic carbocycles. The average molecular weight is 448 g/mol. The minimum Gasteiger partial charge on any atom is -0.459 e. The van der Waals surface area contributed by atoms with Gasteiger partial charge in [0.05, 0.1) is 15.2 Å². The SMILES string of the molecule is CC(C)(C)OC(=O)C(C)(CCc1nc2ccc(Br)cc2s1)S(C)(=O)=O. The van der Waals surface area contributed by atoms with Crippen molar-refractivity contribution < 1.29 is 17.9 Å². The van der Waals surface area contributed by atoms with Crippen LogP contribution in [0.25, 0.3) is 10.2 Å². The van der Waals surface area contributed by atoms with E-state index in [0.29, 0.717) is 6.42 Å². The zero-order valence-corrected chi connectivity index (χ0v) is 18.1. The molecule has 2 aromatic rings. The Morgan fingerprint density at radius 1 is 1.28 bits per heavy atom. The molecule has 1 heterocycles. The molecule has 0 spiro atoms. The van der Waals surface area contributed by atoms with Crippen LogP contribution in [0.4, 0.5) is 0 Å². The van der Waals surface area contributed by atoms with Gasteiger partial charge in [0.15, 0.2) is 14.6 Å². The molecule has 25 heavy (non-hydrogen) atoms. The van der Waals surface area contributed by atoms with Gasteiger partial charge in [-0.25, -0.2) is 13.4 Å². The number of aromatic nitrogens is 1. The predicted octanol–water partition coefficient (Wildman–Crippen LogP) is 4.14. The van der Waals surface area contributed by atoms with Crippen molar-refractivity contribution in [2.45, 2.75) is 50.9 Å². The number of benzene rings is 1. The second kappa shape index (κ2) is 6.96. The zero-order valence-electron chi connectivity index (χ0n) is 14.9. The lowest BCUT2D eigenvalue weighted by Gasteiger charge is -2.29. The maximum atomic E-state index is 12.5. The van der Waals surface area contributed by atoms with Crippen LogP contribution in [0.15, 0.2) is 22.7 Å². The van der Waals surface area contributed by atoms with Gasteiger partial charge in [0.1, 0.15) is 5.60 Å². The summed E-state index contributed by atoms with van der Waals surface area (Å²) in [5.74, 6) is -0.716. The number of aryl methyl sites for hydroxylation is 1. The molecule has 0 aliphatic rings. The minimum atomic E-state index is -3.65. The molecule has 2 rings (SSSR count). The van der Waals surface area contributed by atoms with Gasteiger partial charge < -0.3 is 4.74 Å². The molecule has 0 N–H and O–H groups in total. The highest BCUT2D eigenvalue weighted by molar-refractivity contribution is 9.10. The van der Waals surface area contributed by atoms with Crippen molar-refractivity contribution in [3.63, 3.8) is 0 Å². The Labute approximate surface area is 160 Å². The molecule has 1 atom stereocenters. The summed E-state index contributed by atoms with van der Waals surface area (Å²) in [4.78, 5) is 17.1. The van der Waals surface area contributed by atoms with E-state index in [1.54, 1.807) is 20.8 Å². The molecule has 8 heteroatoms. The number of hydrogen-bond acceptors (Lipinski definition) is 6. The summed E-state index contributed by atoms with van der Waals surface area (Å²) in [6.07, 6.45) is 1.59. The molecular weight excluding hydrogens is 426 g/mol. The van der Waals surface area contributed by atoms with E-state index in [1.165, 1.54) is 18.3 Å². The number of thiazole rings is 1. The molecule has 0 saturated heterocycles. The normalized spacial score (nSPS) is 15.1. The number of carbonyl (C=O) groups is 1. The molecule has 0 radical (unpaired) electrons. The average Bonchev–Trinajstić information content (AvgIpc) is 2.83. The Hall–Kier alpha value is -0.990. The lowest BCUT2D eigenvalue weighted by atomic mass is 10.0. The summed E-state index contributed by atoms with van der Waals surface area (Å²) in [5.41, 5.74) is 0.118. The van der Waals surface area contributed by atoms with Crippen molar-refractivity contribution in [2.75, 3.05) is 6.26 Å². The van der Waals surface area contributed by atoms with Gasteiger partial charge in [-0.2, -0.15) is 0 Å². The molecule has 1 aromatic carbocycles. The monoisotopic (exact) mass is 447 g/mol. The molecule has 0 fully saturated rings. The number of ether oxygens (including phenoxy) is 1. The molecule has 5 nitrogen and oxygen atoms in total. The van der Waals surface area contributed by atoms with Crippen molar-refractivity contribution in [1.29, 1.82) is 0 Å². The van der Waals surface area contributed by atoms with Gasteiger partial charge in [-0.1, -0.05) is 15.9 Å². The van der Waals surface area contributed by atoms with Gasteiger partial charge >= 0.3 is 5.97 Å². The van der Waals surface area contributed by atoms with Crippen molar-refractivity contribution >= 4 is 53.3 Å². The van der Waals surface area contributed by atoms with Gasteiger partial charge in [0.2, 0.25) is 0 Å². The van der Waals surface area contributed by atoms with E-state index in [4.69, 9.17) is 4.74 Å². The van der Waals surface area contributed by atoms with Crippen molar-refractivity contribution in [1.82, 2.24) is 4.98 Å². The highest BCUT2D eigenvalue weighted by atomic mass is 79.9. The van der Waals surface area contributed by atoms with Crippen LogP contribution < -0.4 is 0 Å². The van der Waals surface area contributed by atoms with Crippen LogP contribution in [0, 0.1) is 0 Å². The predicted molar refractivity (Wildman–Crippen MR) is 105 cm³/mol. The van der Waals surface area contributed by atoms with Crippen molar-refractivity contribution in [3.05, 3.63) is 27.7 Å². The third-order valence-corrected chi connectivity index (χ3v) is 7.44. The second-order valence-corrected chi connectivity index (χ2v) is 11.7. The number of hydrogen-bond donors (Lipinski definition) is 0. The molecule has 0 bridgehead atoms. The fraction of sp³-hybridized carbons (Fsp3) is 0.529. The number of esters is 1. The quantitative estimate of drug-likeness (QED) is 0.643. The molecule has 0 saturated carbocycles. The summed E-state index contributed by atoms with van der Waals surface area (Å²) in [6.45, 7) is 6.59. The smallest absolute Gasteiger partial charge is 0.327 e. The summed E-state index contributed by atoms with van der Waals surface area (Å²) in [7, 11) is -3.65. The minimum absolute atomic E-state index is 0.127. The van der Waals surface area contributed by atoms with Gasteiger partial charge in [0.25, 0.3) is 0 Å². The van der Waals surface area contributed by atoms with E-state index in [0.717, 1.165) is 26.0 Å². The lowest BCUT2D eigenvalue weighted by Crippen LogP contribution is -2.47. The topological polar surface area (TPSA) is 73.3 Å². The van der Waals surface area contributed by atoms with Crippen molar-refractivity contribution in [2.24, 2.45) is 0 Å². The highest BCUT2D eigenvalue weighted by Crippen LogP contribution is 2.30. The largest absolute Gasteiger partial charge is 0.459 e. The number of nitrogens with zero attached hydrogens (tertiary/aromatic N) is 1. The van der Waals surface area contributed by atoms with Crippen LogP contribution in [0.5, 0.6) is 0 Å². The van der Waals surface area contributed by atoms with Gasteiger partial charge in [0, 0.05) is 17.1 Å². The fourth-order valence-corrected chi connectivity index (χ4v) is 4.56. The second-order valence-electron chi connectivity index (χ2n) is 7.22. The number of carbonyl (C=O) groups excluding carboxylic acids is 1. The van der Waals surface area contributed by atoms with E-state index in [1.807, 2.05) is 18.2 Å². The summed E-state index contributed by atoms with van der Waals surface area (Å²) in [6, 6.07) is 5.79. The van der Waals surface area contributed by atoms with Crippen LogP contribution in [-0.4, -0.2) is 36.0 Å². The first-order chi connectivity index (χ1) is 11.3. The van der Waals surface area contributed by atoms with E-state index in [2.05, 4.69) is 20.9 Å². The maximum Gasteiger partial charge on any atom is 0.327 e. The molecule has 0 aliphatic heterocycles. The Balaban J connectivity index is 2.26. The van der Waals surface area contributed by atoms with Gasteiger partial charge in [-0.15, -0.1) is 11.3 Å². The van der Waals surface area contributed by atoms with E-state index < -0.39 is 26.2 Å². The van der Waals surface area contributed by atoms with E-state index >= 15 is 0 Å². The number of halogens is 1. The summed E-state index contributed by atoms with van der Waals surface area (Å²) in [5, 5.41) is 0.798. The van der Waals surface area contributed by atoms with E-state index in [-0.39, 0.29) is 6.42 Å². The number of rotatable bonds is 5. The first-order valence-corrected chi connectivity index (χ1v) is 11.3. The third-order valence-electron chi connectivity index (χ3n) is 3.86. The molecule has 1 unspecified atom stereocenters. The summed E-state index contributed by atoms with van der Waals surface area (Å²) < 4.78 is 30.3. The van der Waals surface area contributed by atoms with E-state index in [9.17, 15) is 13.2 Å². The molecule has 1 aromatic heterocycles. The van der Waals surface area contributed by atoms with Crippen LogP contribution in [0.1, 0.15) is 39.1 Å². The first-order valence-electron chi connectivity index (χ1n) is 7.80. The van der Waals surface area contributed by atoms with Crippen LogP contribution in [0.3, 0.4) is 0 Å². The molecule has 0 amide bonds. The van der Waals surface area contributed by atoms with Crippen LogP contribution >= 0.6 is 27.3 Å².